The van der Waals surface area contributed by atoms with Crippen molar-refractivity contribution < 1.29 is 14.3 Å². The fraction of sp³-hybridized carbons (Fsp3) is 0.222. The quantitative estimate of drug-likeness (QED) is 0.594. The Labute approximate surface area is 91.5 Å². The normalized spacial score (nSPS) is 9.93. The van der Waals surface area contributed by atoms with E-state index in [9.17, 15) is 4.79 Å². The van der Waals surface area contributed by atoms with Crippen LogP contribution in [0.2, 0.25) is 10.0 Å². The molecule has 0 amide bonds. The molecule has 3 nitrogen and oxygen atoms in total. The molecule has 1 aromatic carbocycles. The van der Waals surface area contributed by atoms with Gasteiger partial charge in [0.2, 0.25) is 0 Å². The Bertz CT molecular complexity index is 316. The van der Waals surface area contributed by atoms with Gasteiger partial charge in [0.25, 0.3) is 0 Å². The number of hydrogen-bond donors (Lipinski definition) is 0. The number of benzene rings is 1. The van der Waals surface area contributed by atoms with E-state index in [1.54, 1.807) is 0 Å². The van der Waals surface area contributed by atoms with Crippen molar-refractivity contribution in [3.8, 4) is 5.75 Å². The first-order valence-corrected chi connectivity index (χ1v) is 4.50. The summed E-state index contributed by atoms with van der Waals surface area (Å²) in [6.07, 6.45) is 0.665. The third-order valence-electron chi connectivity index (χ3n) is 1.48. The van der Waals surface area contributed by atoms with E-state index in [0.717, 1.165) is 0 Å². The van der Waals surface area contributed by atoms with Gasteiger partial charge in [0.05, 0.1) is 10.0 Å². The van der Waals surface area contributed by atoms with E-state index >= 15 is 0 Å². The molecule has 76 valence electrons. The van der Waals surface area contributed by atoms with E-state index in [4.69, 9.17) is 32.7 Å². The number of halogens is 2. The predicted molar refractivity (Wildman–Crippen MR) is 54.4 cm³/mol. The van der Waals surface area contributed by atoms with Crippen LogP contribution in [0.25, 0.3) is 0 Å². The second kappa shape index (κ2) is 5.20. The highest BCUT2D eigenvalue weighted by Crippen LogP contribution is 2.33. The second-order valence-corrected chi connectivity index (χ2v) is 3.30. The van der Waals surface area contributed by atoms with Crippen molar-refractivity contribution in [3.05, 3.63) is 27.7 Å². The fourth-order valence-electron chi connectivity index (χ4n) is 0.903. The van der Waals surface area contributed by atoms with E-state index < -0.39 is 0 Å². The monoisotopic (exact) mass is 234 g/mol. The highest BCUT2D eigenvalue weighted by molar-refractivity contribution is 6.37. The Morgan fingerprint density at radius 1 is 1.36 bits per heavy atom. The van der Waals surface area contributed by atoms with Crippen LogP contribution in [0, 0.1) is 0 Å². The van der Waals surface area contributed by atoms with Crippen LogP contribution < -0.4 is 4.74 Å². The molecule has 0 fully saturated rings. The Morgan fingerprint density at radius 3 is 2.36 bits per heavy atom. The van der Waals surface area contributed by atoms with Gasteiger partial charge in [-0.15, -0.1) is 0 Å². The first kappa shape index (κ1) is 11.3. The number of rotatable bonds is 4. The standard InChI is InChI=1S/C9H8Cl2O3/c1-13-5-14-9-7(10)2-6(4-12)3-8(9)11/h2-4H,5H2,1H3. The lowest BCUT2D eigenvalue weighted by Gasteiger charge is -2.08. The molecule has 0 radical (unpaired) electrons. The number of ether oxygens (including phenoxy) is 2. The van der Waals surface area contributed by atoms with E-state index in [-0.39, 0.29) is 16.8 Å². The van der Waals surface area contributed by atoms with Gasteiger partial charge < -0.3 is 9.47 Å². The topological polar surface area (TPSA) is 35.5 Å². The van der Waals surface area contributed by atoms with Crippen molar-refractivity contribution in [1.29, 1.82) is 0 Å². The van der Waals surface area contributed by atoms with Crippen LogP contribution in [0.5, 0.6) is 5.75 Å². The Kier molecular flexibility index (Phi) is 4.20. The zero-order chi connectivity index (χ0) is 10.6. The van der Waals surface area contributed by atoms with Crippen LogP contribution in [0.4, 0.5) is 0 Å². The molecule has 14 heavy (non-hydrogen) atoms. The third-order valence-corrected chi connectivity index (χ3v) is 2.04. The highest BCUT2D eigenvalue weighted by Gasteiger charge is 2.09. The van der Waals surface area contributed by atoms with E-state index in [0.29, 0.717) is 17.6 Å². The van der Waals surface area contributed by atoms with Gasteiger partial charge in [0, 0.05) is 12.7 Å². The zero-order valence-electron chi connectivity index (χ0n) is 7.42. The molecule has 1 aromatic rings. The van der Waals surface area contributed by atoms with Crippen molar-refractivity contribution in [2.24, 2.45) is 0 Å². The van der Waals surface area contributed by atoms with E-state index in [1.807, 2.05) is 0 Å². The van der Waals surface area contributed by atoms with Crippen molar-refractivity contribution in [1.82, 2.24) is 0 Å². The van der Waals surface area contributed by atoms with Crippen LogP contribution in [0.3, 0.4) is 0 Å². The van der Waals surface area contributed by atoms with Gasteiger partial charge in [-0.2, -0.15) is 0 Å². The van der Waals surface area contributed by atoms with Crippen LogP contribution in [-0.4, -0.2) is 20.2 Å². The average molecular weight is 235 g/mol. The van der Waals surface area contributed by atoms with Gasteiger partial charge in [-0.3, -0.25) is 4.79 Å². The van der Waals surface area contributed by atoms with Crippen molar-refractivity contribution in [2.45, 2.75) is 0 Å². The number of aldehydes is 1. The summed E-state index contributed by atoms with van der Waals surface area (Å²) in [5, 5.41) is 0.577. The van der Waals surface area contributed by atoms with Gasteiger partial charge in [-0.25, -0.2) is 0 Å². The number of methoxy groups -OCH3 is 1. The van der Waals surface area contributed by atoms with Crippen LogP contribution in [0.15, 0.2) is 12.1 Å². The lowest BCUT2D eigenvalue weighted by Crippen LogP contribution is -2.00. The Balaban J connectivity index is 2.99. The van der Waals surface area contributed by atoms with Crippen LogP contribution in [-0.2, 0) is 4.74 Å². The molecule has 0 bridgehead atoms. The van der Waals surface area contributed by atoms with Crippen LogP contribution >= 0.6 is 23.2 Å². The zero-order valence-corrected chi connectivity index (χ0v) is 8.93. The fourth-order valence-corrected chi connectivity index (χ4v) is 1.52. The third kappa shape index (κ3) is 2.61. The predicted octanol–water partition coefficient (Wildman–Crippen LogP) is 2.79. The van der Waals surface area contributed by atoms with Gasteiger partial charge in [0.15, 0.2) is 12.5 Å². The molecule has 0 aliphatic rings. The lowest BCUT2D eigenvalue weighted by atomic mass is 10.2. The summed E-state index contributed by atoms with van der Waals surface area (Å²) in [4.78, 5) is 10.5. The van der Waals surface area contributed by atoms with Gasteiger partial charge in [0.1, 0.15) is 6.29 Å². The molecular formula is C9H8Cl2O3. The maximum absolute atomic E-state index is 10.5. The summed E-state index contributed by atoms with van der Waals surface area (Å²) in [7, 11) is 1.49. The summed E-state index contributed by atoms with van der Waals surface area (Å²) in [5.74, 6) is 0.320. The minimum absolute atomic E-state index is 0.0554. The van der Waals surface area contributed by atoms with Gasteiger partial charge >= 0.3 is 0 Å². The van der Waals surface area contributed by atoms with E-state index in [1.165, 1.54) is 19.2 Å². The molecule has 0 saturated carbocycles. The minimum Gasteiger partial charge on any atom is -0.464 e. The Hall–Kier alpha value is -0.770. The molecular weight excluding hydrogens is 227 g/mol. The van der Waals surface area contributed by atoms with Crippen molar-refractivity contribution >= 4 is 29.5 Å². The highest BCUT2D eigenvalue weighted by atomic mass is 35.5. The molecule has 5 heteroatoms. The molecule has 0 N–H and O–H groups in total. The summed E-state index contributed by atoms with van der Waals surface area (Å²) >= 11 is 11.7. The average Bonchev–Trinajstić information content (AvgIpc) is 2.16. The molecule has 0 aliphatic carbocycles. The maximum atomic E-state index is 10.5. The SMILES string of the molecule is COCOc1c(Cl)cc(C=O)cc1Cl. The Morgan fingerprint density at radius 2 is 1.93 bits per heavy atom. The second-order valence-electron chi connectivity index (χ2n) is 2.48. The molecule has 0 aliphatic heterocycles. The molecule has 0 spiro atoms. The first-order chi connectivity index (χ1) is 6.69. The first-order valence-electron chi connectivity index (χ1n) is 3.75. The van der Waals surface area contributed by atoms with E-state index in [2.05, 4.69) is 0 Å². The summed E-state index contributed by atoms with van der Waals surface area (Å²) in [6, 6.07) is 2.96. The minimum atomic E-state index is 0.0554. The molecule has 0 aromatic heterocycles. The summed E-state index contributed by atoms with van der Waals surface area (Å²) < 4.78 is 9.82. The van der Waals surface area contributed by atoms with Gasteiger partial charge in [-0.05, 0) is 12.1 Å². The largest absolute Gasteiger partial charge is 0.464 e. The molecule has 1 rings (SSSR count). The number of hydrogen-bond acceptors (Lipinski definition) is 3. The maximum Gasteiger partial charge on any atom is 0.188 e. The molecule has 0 heterocycles. The molecule has 0 saturated heterocycles. The molecule has 0 unspecified atom stereocenters. The van der Waals surface area contributed by atoms with Crippen LogP contribution in [0.1, 0.15) is 10.4 Å². The molecule has 0 atom stereocenters. The number of carbonyl (C=O) groups excluding carboxylic acids is 1. The van der Waals surface area contributed by atoms with Crippen molar-refractivity contribution in [2.75, 3.05) is 13.9 Å². The van der Waals surface area contributed by atoms with Gasteiger partial charge in [-0.1, -0.05) is 23.2 Å². The smallest absolute Gasteiger partial charge is 0.188 e. The number of carbonyl (C=O) groups is 1. The summed E-state index contributed by atoms with van der Waals surface area (Å²) in [5.41, 5.74) is 0.407. The summed E-state index contributed by atoms with van der Waals surface area (Å²) in [6.45, 7) is 0.0554. The van der Waals surface area contributed by atoms with Crippen molar-refractivity contribution in [3.63, 3.8) is 0 Å². The lowest BCUT2D eigenvalue weighted by molar-refractivity contribution is 0.0512.